The van der Waals surface area contributed by atoms with Crippen molar-refractivity contribution in [1.82, 2.24) is 30.0 Å². The first-order valence-electron chi connectivity index (χ1n) is 9.51. The lowest BCUT2D eigenvalue weighted by atomic mass is 10.2. The van der Waals surface area contributed by atoms with E-state index in [1.165, 1.54) is 11.8 Å². The van der Waals surface area contributed by atoms with Crippen LogP contribution < -0.4 is 5.32 Å². The third kappa shape index (κ3) is 4.92. The molecule has 1 N–H and O–H groups in total. The molecule has 0 aliphatic carbocycles. The Hall–Kier alpha value is -3.38. The maximum atomic E-state index is 12.5. The Morgan fingerprint density at radius 3 is 2.91 bits per heavy atom. The Morgan fingerprint density at radius 1 is 1.28 bits per heavy atom. The van der Waals surface area contributed by atoms with Crippen LogP contribution in [0.4, 0.5) is 4.79 Å². The molecule has 3 amide bonds. The van der Waals surface area contributed by atoms with Crippen molar-refractivity contribution in [2.45, 2.75) is 5.16 Å². The van der Waals surface area contributed by atoms with E-state index in [0.29, 0.717) is 21.6 Å². The fourth-order valence-electron chi connectivity index (χ4n) is 2.85. The summed E-state index contributed by atoms with van der Waals surface area (Å²) in [4.78, 5) is 42.3. The van der Waals surface area contributed by atoms with E-state index in [4.69, 9.17) is 4.42 Å². The molecule has 4 rings (SSSR count). The average Bonchev–Trinajstić information content (AvgIpc) is 3.50. The van der Waals surface area contributed by atoms with Crippen LogP contribution in [-0.4, -0.2) is 60.5 Å². The van der Waals surface area contributed by atoms with Crippen LogP contribution >= 0.6 is 23.5 Å². The SMILES string of the molecule is Cn1c(SCC(=O)NCCN2C(=O)S/C(=C\c3cccnc3)C2=O)nnc1-c1ccco1. The predicted molar refractivity (Wildman–Crippen MR) is 119 cm³/mol. The number of pyridine rings is 1. The Balaban J connectivity index is 1.25. The van der Waals surface area contributed by atoms with Gasteiger partial charge in [0.2, 0.25) is 5.91 Å². The molecule has 32 heavy (non-hydrogen) atoms. The first-order chi connectivity index (χ1) is 15.5. The molecule has 164 valence electrons. The van der Waals surface area contributed by atoms with E-state index in [1.54, 1.807) is 60.6 Å². The number of nitrogens with zero attached hydrogens (tertiary/aromatic N) is 5. The standard InChI is InChI=1S/C20H18N6O4S2/c1-25-17(14-5-3-9-30-14)23-24-19(25)31-12-16(27)22-7-8-26-18(28)15(32-20(26)29)10-13-4-2-6-21-11-13/h2-6,9-11H,7-8,12H2,1H3,(H,22,27)/b15-10-. The largest absolute Gasteiger partial charge is 0.461 e. The van der Waals surface area contributed by atoms with Gasteiger partial charge in [0.1, 0.15) is 0 Å². The molecule has 1 aliphatic heterocycles. The van der Waals surface area contributed by atoms with Gasteiger partial charge in [-0.25, -0.2) is 0 Å². The molecule has 0 unspecified atom stereocenters. The number of imide groups is 1. The van der Waals surface area contributed by atoms with Gasteiger partial charge in [0.15, 0.2) is 16.7 Å². The smallest absolute Gasteiger partial charge is 0.293 e. The predicted octanol–water partition coefficient (Wildman–Crippen LogP) is 2.41. The summed E-state index contributed by atoms with van der Waals surface area (Å²) in [7, 11) is 1.79. The van der Waals surface area contributed by atoms with E-state index in [9.17, 15) is 14.4 Å². The lowest BCUT2D eigenvalue weighted by Crippen LogP contribution is -2.37. The molecule has 12 heteroatoms. The summed E-state index contributed by atoms with van der Waals surface area (Å²) in [5.41, 5.74) is 0.738. The van der Waals surface area contributed by atoms with Crippen LogP contribution in [0.5, 0.6) is 0 Å². The Kier molecular flexibility index (Phi) is 6.71. The van der Waals surface area contributed by atoms with E-state index in [0.717, 1.165) is 22.2 Å². The fraction of sp³-hybridized carbons (Fsp3) is 0.200. The van der Waals surface area contributed by atoms with Crippen molar-refractivity contribution in [1.29, 1.82) is 0 Å². The molecule has 3 aromatic rings. The lowest BCUT2D eigenvalue weighted by molar-refractivity contribution is -0.123. The fourth-order valence-corrected chi connectivity index (χ4v) is 4.46. The molecule has 1 fully saturated rings. The molecule has 0 spiro atoms. The zero-order valence-corrected chi connectivity index (χ0v) is 18.6. The third-order valence-electron chi connectivity index (χ3n) is 4.42. The molecular weight excluding hydrogens is 452 g/mol. The molecule has 4 heterocycles. The van der Waals surface area contributed by atoms with Gasteiger partial charge in [-0.2, -0.15) is 0 Å². The zero-order valence-electron chi connectivity index (χ0n) is 16.9. The number of hydrogen-bond acceptors (Lipinski definition) is 9. The number of nitrogens with one attached hydrogen (secondary N) is 1. The highest BCUT2D eigenvalue weighted by molar-refractivity contribution is 8.18. The summed E-state index contributed by atoms with van der Waals surface area (Å²) in [6, 6.07) is 7.09. The van der Waals surface area contributed by atoms with Crippen molar-refractivity contribution in [3.63, 3.8) is 0 Å². The quantitative estimate of drug-likeness (QED) is 0.390. The minimum atomic E-state index is -0.378. The Bertz CT molecular complexity index is 1160. The van der Waals surface area contributed by atoms with Crippen LogP contribution in [-0.2, 0) is 16.6 Å². The van der Waals surface area contributed by atoms with Gasteiger partial charge in [-0.3, -0.25) is 24.3 Å². The number of rotatable bonds is 8. The summed E-state index contributed by atoms with van der Waals surface area (Å²) < 4.78 is 7.06. The molecule has 0 saturated carbocycles. The minimum Gasteiger partial charge on any atom is -0.461 e. The summed E-state index contributed by atoms with van der Waals surface area (Å²) >= 11 is 2.10. The lowest BCUT2D eigenvalue weighted by Gasteiger charge is -2.12. The normalized spacial score (nSPS) is 15.0. The van der Waals surface area contributed by atoms with Crippen molar-refractivity contribution >= 4 is 46.7 Å². The van der Waals surface area contributed by atoms with E-state index < -0.39 is 0 Å². The topological polar surface area (TPSA) is 123 Å². The molecule has 1 aliphatic rings. The summed E-state index contributed by atoms with van der Waals surface area (Å²) in [5, 5.41) is 11.1. The van der Waals surface area contributed by atoms with Gasteiger partial charge in [0, 0.05) is 32.5 Å². The third-order valence-corrected chi connectivity index (χ3v) is 6.35. The molecular formula is C20H18N6O4S2. The second kappa shape index (κ2) is 9.83. The van der Waals surface area contributed by atoms with E-state index >= 15 is 0 Å². The number of aromatic nitrogens is 4. The van der Waals surface area contributed by atoms with Gasteiger partial charge in [0.25, 0.3) is 11.1 Å². The van der Waals surface area contributed by atoms with E-state index in [1.807, 2.05) is 0 Å². The molecule has 0 atom stereocenters. The second-order valence-corrected chi connectivity index (χ2v) is 8.54. The molecule has 3 aromatic heterocycles. The van der Waals surface area contributed by atoms with Gasteiger partial charge in [-0.05, 0) is 41.6 Å². The monoisotopic (exact) mass is 470 g/mol. The Morgan fingerprint density at radius 2 is 2.16 bits per heavy atom. The van der Waals surface area contributed by atoms with E-state index in [-0.39, 0.29) is 35.9 Å². The maximum Gasteiger partial charge on any atom is 0.293 e. The van der Waals surface area contributed by atoms with Crippen LogP contribution in [0, 0.1) is 0 Å². The van der Waals surface area contributed by atoms with Crippen molar-refractivity contribution in [2.75, 3.05) is 18.8 Å². The van der Waals surface area contributed by atoms with Gasteiger partial charge in [0.05, 0.1) is 16.9 Å². The molecule has 1 saturated heterocycles. The Labute approximate surface area is 191 Å². The summed E-state index contributed by atoms with van der Waals surface area (Å²) in [5.74, 6) is 0.655. The highest BCUT2D eigenvalue weighted by Gasteiger charge is 2.34. The molecule has 0 radical (unpaired) electrons. The first-order valence-corrected chi connectivity index (χ1v) is 11.3. The highest BCUT2D eigenvalue weighted by Crippen LogP contribution is 2.31. The average molecular weight is 471 g/mol. The number of thioether (sulfide) groups is 2. The second-order valence-electron chi connectivity index (χ2n) is 6.60. The van der Waals surface area contributed by atoms with Gasteiger partial charge >= 0.3 is 0 Å². The number of carbonyl (C=O) groups excluding carboxylic acids is 3. The van der Waals surface area contributed by atoms with Gasteiger partial charge < -0.3 is 14.3 Å². The van der Waals surface area contributed by atoms with Crippen LogP contribution in [0.15, 0.2) is 57.4 Å². The summed E-state index contributed by atoms with van der Waals surface area (Å²) in [6.45, 7) is 0.256. The molecule has 0 aromatic carbocycles. The van der Waals surface area contributed by atoms with Crippen molar-refractivity contribution in [2.24, 2.45) is 7.05 Å². The van der Waals surface area contributed by atoms with Gasteiger partial charge in [-0.15, -0.1) is 10.2 Å². The number of hydrogen-bond donors (Lipinski definition) is 1. The van der Waals surface area contributed by atoms with Crippen molar-refractivity contribution < 1.29 is 18.8 Å². The van der Waals surface area contributed by atoms with Crippen LogP contribution in [0.25, 0.3) is 17.7 Å². The van der Waals surface area contributed by atoms with E-state index in [2.05, 4.69) is 20.5 Å². The number of amides is 3. The van der Waals surface area contributed by atoms with Crippen molar-refractivity contribution in [3.8, 4) is 11.6 Å². The maximum absolute atomic E-state index is 12.5. The van der Waals surface area contributed by atoms with Crippen LogP contribution in [0.1, 0.15) is 5.56 Å². The highest BCUT2D eigenvalue weighted by atomic mass is 32.2. The number of carbonyl (C=O) groups is 3. The minimum absolute atomic E-state index is 0.0953. The zero-order chi connectivity index (χ0) is 22.5. The first kappa shape index (κ1) is 21.8. The van der Waals surface area contributed by atoms with Crippen LogP contribution in [0.3, 0.4) is 0 Å². The van der Waals surface area contributed by atoms with Crippen molar-refractivity contribution in [3.05, 3.63) is 53.4 Å². The molecule has 10 nitrogen and oxygen atoms in total. The number of furan rings is 1. The summed E-state index contributed by atoms with van der Waals surface area (Å²) in [6.07, 6.45) is 6.42. The van der Waals surface area contributed by atoms with Crippen LogP contribution in [0.2, 0.25) is 0 Å². The molecule has 0 bridgehead atoms. The van der Waals surface area contributed by atoms with Gasteiger partial charge in [-0.1, -0.05) is 17.8 Å².